The summed E-state index contributed by atoms with van der Waals surface area (Å²) in [4.78, 5) is 14.0. The molecule has 1 aromatic rings. The zero-order valence-electron chi connectivity index (χ0n) is 15.5. The molecule has 0 bridgehead atoms. The van der Waals surface area contributed by atoms with Crippen molar-refractivity contribution in [2.75, 3.05) is 40.0 Å². The number of carbonyl (C=O) groups is 1. The topological polar surface area (TPSA) is 52.0 Å². The van der Waals surface area contributed by atoms with E-state index in [0.717, 1.165) is 43.4 Å². The number of hydrogen-bond acceptors (Lipinski definition) is 4. The van der Waals surface area contributed by atoms with E-state index in [4.69, 9.17) is 21.7 Å². The standard InChI is InChI=1S/C20H28N2O3S/c1-24-19(23)17-7-5-16(6-8-17)18(26)21-15-20(9-3-2-4-10-20)22-11-13-25-14-12-22/h5-8H,2-4,9-15H2,1H3,(H,21,26)/p+1. The molecule has 6 heteroatoms. The van der Waals surface area contributed by atoms with E-state index in [1.807, 2.05) is 12.1 Å². The number of morpholine rings is 1. The zero-order chi connectivity index (χ0) is 18.4. The molecule has 2 aliphatic rings. The number of hydrogen-bond donors (Lipinski definition) is 2. The first-order valence-corrected chi connectivity index (χ1v) is 9.95. The number of esters is 1. The SMILES string of the molecule is COC(=O)c1ccc(C(=S)NCC2([NH+]3CCOCC3)CCCCC2)cc1. The van der Waals surface area contributed by atoms with Gasteiger partial charge in [-0.25, -0.2) is 4.79 Å². The Labute approximate surface area is 161 Å². The molecular weight excluding hydrogens is 348 g/mol. The molecule has 0 amide bonds. The van der Waals surface area contributed by atoms with Crippen molar-refractivity contribution in [1.82, 2.24) is 5.32 Å². The van der Waals surface area contributed by atoms with Crippen LogP contribution in [0.1, 0.15) is 48.0 Å². The summed E-state index contributed by atoms with van der Waals surface area (Å²) in [6, 6.07) is 7.30. The summed E-state index contributed by atoms with van der Waals surface area (Å²) >= 11 is 5.62. The first-order valence-electron chi connectivity index (χ1n) is 9.54. The highest BCUT2D eigenvalue weighted by atomic mass is 32.1. The minimum Gasteiger partial charge on any atom is -0.465 e. The Morgan fingerprint density at radius 1 is 1.15 bits per heavy atom. The van der Waals surface area contributed by atoms with Crippen LogP contribution in [-0.4, -0.2) is 56.5 Å². The van der Waals surface area contributed by atoms with Gasteiger partial charge in [0.05, 0.1) is 32.4 Å². The quantitative estimate of drug-likeness (QED) is 0.599. The van der Waals surface area contributed by atoms with Gasteiger partial charge in [-0.2, -0.15) is 0 Å². The number of methoxy groups -OCH3 is 1. The molecule has 1 aromatic carbocycles. The van der Waals surface area contributed by atoms with Crippen molar-refractivity contribution in [3.8, 4) is 0 Å². The smallest absolute Gasteiger partial charge is 0.337 e. The lowest BCUT2D eigenvalue weighted by Crippen LogP contribution is -3.23. The van der Waals surface area contributed by atoms with Crippen molar-refractivity contribution in [2.24, 2.45) is 0 Å². The van der Waals surface area contributed by atoms with Crippen LogP contribution < -0.4 is 10.2 Å². The number of quaternary nitrogens is 1. The van der Waals surface area contributed by atoms with Crippen LogP contribution in [0.25, 0.3) is 0 Å². The van der Waals surface area contributed by atoms with E-state index in [1.54, 1.807) is 17.0 Å². The summed E-state index contributed by atoms with van der Waals surface area (Å²) in [5.41, 5.74) is 1.74. The number of thiocarbonyl (C=S) groups is 1. The van der Waals surface area contributed by atoms with Crippen LogP contribution in [0.15, 0.2) is 24.3 Å². The van der Waals surface area contributed by atoms with Crippen molar-refractivity contribution in [1.29, 1.82) is 0 Å². The number of nitrogens with one attached hydrogen (secondary N) is 2. The zero-order valence-corrected chi connectivity index (χ0v) is 16.3. The minimum absolute atomic E-state index is 0.262. The molecule has 0 unspecified atom stereocenters. The van der Waals surface area contributed by atoms with Gasteiger partial charge in [0, 0.05) is 18.4 Å². The third-order valence-corrected chi connectivity index (χ3v) is 6.19. The second-order valence-corrected chi connectivity index (χ2v) is 7.72. The molecule has 0 aromatic heterocycles. The fourth-order valence-electron chi connectivity index (χ4n) is 4.26. The van der Waals surface area contributed by atoms with E-state index < -0.39 is 0 Å². The molecule has 1 saturated carbocycles. The second-order valence-electron chi connectivity index (χ2n) is 7.31. The van der Waals surface area contributed by atoms with Crippen molar-refractivity contribution >= 4 is 23.2 Å². The lowest BCUT2D eigenvalue weighted by molar-refractivity contribution is -0.960. The fourth-order valence-corrected chi connectivity index (χ4v) is 4.47. The molecule has 5 nitrogen and oxygen atoms in total. The fraction of sp³-hybridized carbons (Fsp3) is 0.600. The average molecular weight is 378 g/mol. The van der Waals surface area contributed by atoms with Crippen LogP contribution in [0, 0.1) is 0 Å². The third-order valence-electron chi connectivity index (χ3n) is 5.81. The maximum Gasteiger partial charge on any atom is 0.337 e. The summed E-state index contributed by atoms with van der Waals surface area (Å²) in [7, 11) is 1.39. The Morgan fingerprint density at radius 3 is 2.38 bits per heavy atom. The predicted octanol–water partition coefficient (Wildman–Crippen LogP) is 1.36. The van der Waals surface area contributed by atoms with Crippen molar-refractivity contribution in [3.05, 3.63) is 35.4 Å². The monoisotopic (exact) mass is 377 g/mol. The summed E-state index contributed by atoms with van der Waals surface area (Å²) in [5, 5.41) is 3.52. The summed E-state index contributed by atoms with van der Waals surface area (Å²) in [6.07, 6.45) is 6.43. The minimum atomic E-state index is -0.326. The molecule has 2 fully saturated rings. The van der Waals surface area contributed by atoms with Gasteiger partial charge in [0.1, 0.15) is 23.6 Å². The van der Waals surface area contributed by atoms with Crippen molar-refractivity contribution in [2.45, 2.75) is 37.6 Å². The molecule has 3 rings (SSSR count). The van der Waals surface area contributed by atoms with Gasteiger partial charge in [-0.1, -0.05) is 30.8 Å². The van der Waals surface area contributed by atoms with Gasteiger partial charge in [0.15, 0.2) is 0 Å². The Hall–Kier alpha value is -1.50. The van der Waals surface area contributed by atoms with Gasteiger partial charge < -0.3 is 19.7 Å². The molecule has 0 radical (unpaired) electrons. The Morgan fingerprint density at radius 2 is 1.77 bits per heavy atom. The maximum atomic E-state index is 11.6. The molecule has 142 valence electrons. The summed E-state index contributed by atoms with van der Waals surface area (Å²) in [6.45, 7) is 4.79. The predicted molar refractivity (Wildman–Crippen MR) is 105 cm³/mol. The third kappa shape index (κ3) is 4.42. The van der Waals surface area contributed by atoms with Gasteiger partial charge in [0.25, 0.3) is 0 Å². The molecule has 0 atom stereocenters. The Kier molecular flexibility index (Phi) is 6.62. The second kappa shape index (κ2) is 8.93. The van der Waals surface area contributed by atoms with Crippen LogP contribution in [0.5, 0.6) is 0 Å². The first kappa shape index (κ1) is 19.3. The van der Waals surface area contributed by atoms with E-state index in [-0.39, 0.29) is 11.5 Å². The van der Waals surface area contributed by atoms with Gasteiger partial charge >= 0.3 is 5.97 Å². The lowest BCUT2D eigenvalue weighted by atomic mass is 9.79. The molecule has 1 saturated heterocycles. The maximum absolute atomic E-state index is 11.6. The van der Waals surface area contributed by atoms with Crippen LogP contribution >= 0.6 is 12.2 Å². The van der Waals surface area contributed by atoms with Gasteiger partial charge in [-0.3, -0.25) is 0 Å². The van der Waals surface area contributed by atoms with E-state index in [1.165, 1.54) is 39.2 Å². The van der Waals surface area contributed by atoms with Gasteiger partial charge in [-0.15, -0.1) is 0 Å². The average Bonchev–Trinajstić information content (AvgIpc) is 2.73. The number of benzene rings is 1. The largest absolute Gasteiger partial charge is 0.465 e. The van der Waals surface area contributed by atoms with Crippen LogP contribution in [0.4, 0.5) is 0 Å². The van der Waals surface area contributed by atoms with Crippen LogP contribution in [0.2, 0.25) is 0 Å². The molecule has 2 N–H and O–H groups in total. The molecule has 1 aliphatic carbocycles. The first-order chi connectivity index (χ1) is 12.6. The lowest BCUT2D eigenvalue weighted by Gasteiger charge is -2.45. The van der Waals surface area contributed by atoms with E-state index >= 15 is 0 Å². The number of rotatable bonds is 5. The highest BCUT2D eigenvalue weighted by Gasteiger charge is 2.42. The van der Waals surface area contributed by atoms with E-state index in [0.29, 0.717) is 5.56 Å². The highest BCUT2D eigenvalue weighted by Crippen LogP contribution is 2.25. The summed E-state index contributed by atoms with van der Waals surface area (Å²) < 4.78 is 10.3. The Bertz CT molecular complexity index is 620. The molecule has 26 heavy (non-hydrogen) atoms. The van der Waals surface area contributed by atoms with E-state index in [2.05, 4.69) is 5.32 Å². The van der Waals surface area contributed by atoms with E-state index in [9.17, 15) is 4.79 Å². The number of ether oxygens (including phenoxy) is 2. The van der Waals surface area contributed by atoms with Crippen LogP contribution in [-0.2, 0) is 9.47 Å². The molecule has 1 aliphatic heterocycles. The number of carbonyl (C=O) groups excluding carboxylic acids is 1. The molecule has 0 spiro atoms. The van der Waals surface area contributed by atoms with Crippen molar-refractivity contribution < 1.29 is 19.2 Å². The van der Waals surface area contributed by atoms with Crippen LogP contribution in [0.3, 0.4) is 0 Å². The molecular formula is C20H29N2O3S+. The normalized spacial score (nSPS) is 20.3. The molecule has 1 heterocycles. The highest BCUT2D eigenvalue weighted by molar-refractivity contribution is 7.80. The van der Waals surface area contributed by atoms with Gasteiger partial charge in [0.2, 0.25) is 0 Å². The summed E-state index contributed by atoms with van der Waals surface area (Å²) in [5.74, 6) is -0.326. The van der Waals surface area contributed by atoms with Gasteiger partial charge in [-0.05, 0) is 25.0 Å². The van der Waals surface area contributed by atoms with Crippen molar-refractivity contribution in [3.63, 3.8) is 0 Å². The Balaban J connectivity index is 1.64.